The molecule has 144 valence electrons. The Bertz CT molecular complexity index is 838. The number of aromatic amines is 1. The summed E-state index contributed by atoms with van der Waals surface area (Å²) in [5, 5.41) is 4.16. The average Bonchev–Trinajstić information content (AvgIpc) is 3.27. The van der Waals surface area contributed by atoms with E-state index in [2.05, 4.69) is 29.2 Å². The van der Waals surface area contributed by atoms with Crippen LogP contribution in [0.1, 0.15) is 36.5 Å². The first-order valence-electron chi connectivity index (χ1n) is 9.89. The van der Waals surface area contributed by atoms with Gasteiger partial charge in [-0.25, -0.2) is 0 Å². The second-order valence-electron chi connectivity index (χ2n) is 8.07. The summed E-state index contributed by atoms with van der Waals surface area (Å²) in [4.78, 5) is 33.1. The molecule has 2 aromatic rings. The lowest BCUT2D eigenvalue weighted by Crippen LogP contribution is -2.44. The van der Waals surface area contributed by atoms with E-state index in [1.165, 1.54) is 0 Å². The summed E-state index contributed by atoms with van der Waals surface area (Å²) in [6, 6.07) is 7.88. The summed E-state index contributed by atoms with van der Waals surface area (Å²) in [6.07, 6.45) is 4.51. The number of carbonyl (C=O) groups is 2. The van der Waals surface area contributed by atoms with Gasteiger partial charge in [-0.05, 0) is 64.5 Å². The molecular weight excluding hydrogens is 340 g/mol. The SMILES string of the molecule is CC1CC(NC(=O)C2CCN(C)CC2)CN1C(=O)c1cccc2[nH]ccc12. The van der Waals surface area contributed by atoms with E-state index in [9.17, 15) is 9.59 Å². The van der Waals surface area contributed by atoms with Crippen molar-refractivity contribution in [3.8, 4) is 0 Å². The zero-order chi connectivity index (χ0) is 19.0. The smallest absolute Gasteiger partial charge is 0.254 e. The molecule has 0 radical (unpaired) electrons. The van der Waals surface area contributed by atoms with E-state index in [4.69, 9.17) is 0 Å². The maximum absolute atomic E-state index is 13.1. The minimum Gasteiger partial charge on any atom is -0.361 e. The van der Waals surface area contributed by atoms with Gasteiger partial charge in [0.2, 0.25) is 5.91 Å². The van der Waals surface area contributed by atoms with E-state index in [0.717, 1.165) is 48.8 Å². The Kier molecular flexibility index (Phi) is 4.91. The molecule has 1 aromatic heterocycles. The number of hydrogen-bond donors (Lipinski definition) is 2. The molecule has 2 unspecified atom stereocenters. The molecule has 27 heavy (non-hydrogen) atoms. The molecule has 1 aromatic carbocycles. The van der Waals surface area contributed by atoms with Crippen molar-refractivity contribution in [1.82, 2.24) is 20.1 Å². The molecule has 2 aliphatic rings. The predicted molar refractivity (Wildman–Crippen MR) is 106 cm³/mol. The number of benzene rings is 1. The van der Waals surface area contributed by atoms with Crippen LogP contribution in [0, 0.1) is 5.92 Å². The number of fused-ring (bicyclic) bond motifs is 1. The van der Waals surface area contributed by atoms with Crippen molar-refractivity contribution in [3.63, 3.8) is 0 Å². The number of H-pyrrole nitrogens is 1. The molecule has 6 nitrogen and oxygen atoms in total. The fourth-order valence-electron chi connectivity index (χ4n) is 4.43. The fraction of sp³-hybridized carbons (Fsp3) is 0.524. The Hall–Kier alpha value is -2.34. The third kappa shape index (κ3) is 3.58. The molecule has 2 amide bonds. The van der Waals surface area contributed by atoms with E-state index in [-0.39, 0.29) is 29.8 Å². The van der Waals surface area contributed by atoms with E-state index >= 15 is 0 Å². The predicted octanol–water partition coefficient (Wildman–Crippen LogP) is 2.23. The Morgan fingerprint density at radius 2 is 1.96 bits per heavy atom. The zero-order valence-corrected chi connectivity index (χ0v) is 16.1. The van der Waals surface area contributed by atoms with Gasteiger partial charge in [0.15, 0.2) is 0 Å². The van der Waals surface area contributed by atoms with E-state index in [1.807, 2.05) is 35.4 Å². The highest BCUT2D eigenvalue weighted by atomic mass is 16.2. The minimum absolute atomic E-state index is 0.0431. The third-order valence-electron chi connectivity index (χ3n) is 6.10. The summed E-state index contributed by atoms with van der Waals surface area (Å²) in [7, 11) is 2.10. The summed E-state index contributed by atoms with van der Waals surface area (Å²) in [6.45, 7) is 4.60. The first-order valence-corrected chi connectivity index (χ1v) is 9.89. The van der Waals surface area contributed by atoms with Gasteiger partial charge in [-0.3, -0.25) is 9.59 Å². The number of piperidine rings is 1. The van der Waals surface area contributed by atoms with Gasteiger partial charge in [0.05, 0.1) is 0 Å². The number of rotatable bonds is 3. The molecule has 0 spiro atoms. The summed E-state index contributed by atoms with van der Waals surface area (Å²) < 4.78 is 0. The highest BCUT2D eigenvalue weighted by molar-refractivity contribution is 6.06. The molecule has 0 saturated carbocycles. The molecule has 0 aliphatic carbocycles. The fourth-order valence-corrected chi connectivity index (χ4v) is 4.43. The molecule has 2 atom stereocenters. The number of nitrogens with one attached hydrogen (secondary N) is 2. The number of likely N-dealkylation sites (tertiary alicyclic amines) is 2. The largest absolute Gasteiger partial charge is 0.361 e. The van der Waals surface area contributed by atoms with Gasteiger partial charge in [-0.2, -0.15) is 0 Å². The van der Waals surface area contributed by atoms with Crippen molar-refractivity contribution in [2.24, 2.45) is 5.92 Å². The molecule has 0 bridgehead atoms. The highest BCUT2D eigenvalue weighted by Gasteiger charge is 2.35. The maximum Gasteiger partial charge on any atom is 0.254 e. The number of nitrogens with zero attached hydrogens (tertiary/aromatic N) is 2. The van der Waals surface area contributed by atoms with Gasteiger partial charge < -0.3 is 20.1 Å². The minimum atomic E-state index is 0.0431. The van der Waals surface area contributed by atoms with Crippen molar-refractivity contribution in [2.75, 3.05) is 26.7 Å². The number of carbonyl (C=O) groups excluding carboxylic acids is 2. The van der Waals surface area contributed by atoms with Crippen LogP contribution in [0.15, 0.2) is 30.5 Å². The highest BCUT2D eigenvalue weighted by Crippen LogP contribution is 2.25. The average molecular weight is 368 g/mol. The molecule has 2 aliphatic heterocycles. The van der Waals surface area contributed by atoms with Crippen LogP contribution in [0.2, 0.25) is 0 Å². The standard InChI is InChI=1S/C21H28N4O2/c1-14-12-16(23-20(26)15-7-10-24(2)11-8-15)13-25(14)21(27)18-4-3-5-19-17(18)6-9-22-19/h3-6,9,14-16,22H,7-8,10-13H2,1-2H3,(H,23,26). The number of amides is 2. The van der Waals surface area contributed by atoms with Crippen molar-refractivity contribution in [2.45, 2.75) is 38.3 Å². The van der Waals surface area contributed by atoms with Gasteiger partial charge in [0.1, 0.15) is 0 Å². The molecule has 4 rings (SSSR count). The van der Waals surface area contributed by atoms with E-state index < -0.39 is 0 Å². The van der Waals surface area contributed by atoms with Crippen LogP contribution in [-0.4, -0.2) is 65.4 Å². The van der Waals surface area contributed by atoms with Crippen molar-refractivity contribution in [1.29, 1.82) is 0 Å². The quantitative estimate of drug-likeness (QED) is 0.873. The van der Waals surface area contributed by atoms with Gasteiger partial charge in [0, 0.05) is 47.2 Å². The van der Waals surface area contributed by atoms with Crippen LogP contribution >= 0.6 is 0 Å². The molecule has 6 heteroatoms. The molecule has 2 fully saturated rings. The molecular formula is C21H28N4O2. The van der Waals surface area contributed by atoms with Gasteiger partial charge in [0.25, 0.3) is 5.91 Å². The Morgan fingerprint density at radius 1 is 1.19 bits per heavy atom. The second kappa shape index (κ2) is 7.35. The van der Waals surface area contributed by atoms with Crippen molar-refractivity contribution in [3.05, 3.63) is 36.0 Å². The van der Waals surface area contributed by atoms with Crippen molar-refractivity contribution < 1.29 is 9.59 Å². The van der Waals surface area contributed by atoms with Crippen LogP contribution in [0.25, 0.3) is 10.9 Å². The van der Waals surface area contributed by atoms with Crippen LogP contribution in [0.4, 0.5) is 0 Å². The van der Waals surface area contributed by atoms with Gasteiger partial charge >= 0.3 is 0 Å². The first-order chi connectivity index (χ1) is 13.0. The lowest BCUT2D eigenvalue weighted by molar-refractivity contribution is -0.127. The number of aromatic nitrogens is 1. The zero-order valence-electron chi connectivity index (χ0n) is 16.1. The lowest BCUT2D eigenvalue weighted by Gasteiger charge is -2.29. The maximum atomic E-state index is 13.1. The van der Waals surface area contributed by atoms with Crippen LogP contribution in [-0.2, 0) is 4.79 Å². The molecule has 2 N–H and O–H groups in total. The summed E-state index contributed by atoms with van der Waals surface area (Å²) in [5.74, 6) is 0.306. The van der Waals surface area contributed by atoms with Gasteiger partial charge in [-0.1, -0.05) is 6.07 Å². The normalized spacial score (nSPS) is 24.4. The monoisotopic (exact) mass is 368 g/mol. The lowest BCUT2D eigenvalue weighted by atomic mass is 9.96. The van der Waals surface area contributed by atoms with Crippen LogP contribution < -0.4 is 5.32 Å². The summed E-state index contributed by atoms with van der Waals surface area (Å²) in [5.41, 5.74) is 1.70. The topological polar surface area (TPSA) is 68.4 Å². The van der Waals surface area contributed by atoms with Crippen molar-refractivity contribution >= 4 is 22.7 Å². The number of hydrogen-bond acceptors (Lipinski definition) is 3. The Balaban J connectivity index is 1.41. The summed E-state index contributed by atoms with van der Waals surface area (Å²) >= 11 is 0. The van der Waals surface area contributed by atoms with Crippen LogP contribution in [0.5, 0.6) is 0 Å². The molecule has 2 saturated heterocycles. The van der Waals surface area contributed by atoms with Gasteiger partial charge in [-0.15, -0.1) is 0 Å². The van der Waals surface area contributed by atoms with Crippen LogP contribution in [0.3, 0.4) is 0 Å². The first kappa shape index (κ1) is 18.0. The molecule has 3 heterocycles. The van der Waals surface area contributed by atoms with E-state index in [1.54, 1.807) is 0 Å². The Labute approximate surface area is 159 Å². The Morgan fingerprint density at radius 3 is 2.74 bits per heavy atom. The second-order valence-corrected chi connectivity index (χ2v) is 8.07. The third-order valence-corrected chi connectivity index (χ3v) is 6.10. The van der Waals surface area contributed by atoms with E-state index in [0.29, 0.717) is 6.54 Å².